The molecule has 0 saturated carbocycles. The molecule has 10 heteroatoms. The van der Waals surface area contributed by atoms with Gasteiger partial charge in [0, 0.05) is 25.2 Å². The molecule has 1 fully saturated rings. The summed E-state index contributed by atoms with van der Waals surface area (Å²) in [4.78, 5) is 18.2. The van der Waals surface area contributed by atoms with E-state index in [2.05, 4.69) is 5.32 Å². The monoisotopic (exact) mass is 402 g/mol. The number of carbonyl (C=O) groups excluding carboxylic acids is 1. The standard InChI is InChI=1S/C17H27N2O7P/c1-6-24-27(21,25-7-2)16-11-15(26-19(16)3)17(20)18-12-8-9-13(22-4)14(10-12)23-5/h8-10,15-16H,6-7,11H2,1-5H3,(H,18,20)/t15-,16+/m0/s1. The third-order valence-electron chi connectivity index (χ3n) is 4.06. The van der Waals surface area contributed by atoms with Crippen LogP contribution >= 0.6 is 7.60 Å². The summed E-state index contributed by atoms with van der Waals surface area (Å²) < 4.78 is 34.1. The maximum absolute atomic E-state index is 13.0. The van der Waals surface area contributed by atoms with Gasteiger partial charge in [-0.05, 0) is 26.0 Å². The minimum absolute atomic E-state index is 0.187. The first-order valence-corrected chi connectivity index (χ1v) is 10.3. The van der Waals surface area contributed by atoms with Crippen molar-refractivity contribution in [2.24, 2.45) is 0 Å². The molecule has 1 heterocycles. The van der Waals surface area contributed by atoms with Crippen molar-refractivity contribution in [3.8, 4) is 11.5 Å². The maximum Gasteiger partial charge on any atom is 0.350 e. The van der Waals surface area contributed by atoms with Crippen LogP contribution in [0.1, 0.15) is 20.3 Å². The Kier molecular flexibility index (Phi) is 7.64. The van der Waals surface area contributed by atoms with Gasteiger partial charge < -0.3 is 23.8 Å². The number of carbonyl (C=O) groups is 1. The molecule has 9 nitrogen and oxygen atoms in total. The van der Waals surface area contributed by atoms with Gasteiger partial charge in [0.15, 0.2) is 17.6 Å². The van der Waals surface area contributed by atoms with E-state index in [1.807, 2.05) is 0 Å². The molecule has 2 atom stereocenters. The molecular weight excluding hydrogens is 375 g/mol. The zero-order chi connectivity index (χ0) is 20.0. The molecule has 27 heavy (non-hydrogen) atoms. The highest BCUT2D eigenvalue weighted by atomic mass is 31.2. The van der Waals surface area contributed by atoms with E-state index >= 15 is 0 Å². The molecule has 0 aromatic heterocycles. The van der Waals surface area contributed by atoms with E-state index in [1.54, 1.807) is 39.1 Å². The lowest BCUT2D eigenvalue weighted by Crippen LogP contribution is -2.28. The molecule has 1 aromatic carbocycles. The van der Waals surface area contributed by atoms with Crippen molar-refractivity contribution in [3.63, 3.8) is 0 Å². The molecule has 1 saturated heterocycles. The number of hydrogen-bond acceptors (Lipinski definition) is 8. The lowest BCUT2D eigenvalue weighted by molar-refractivity contribution is -0.155. The highest BCUT2D eigenvalue weighted by molar-refractivity contribution is 7.54. The number of amides is 1. The normalized spacial score (nSPS) is 20.5. The van der Waals surface area contributed by atoms with Crippen LogP contribution in [0.5, 0.6) is 11.5 Å². The molecule has 152 valence electrons. The van der Waals surface area contributed by atoms with Crippen LogP contribution in [0.4, 0.5) is 5.69 Å². The van der Waals surface area contributed by atoms with Crippen LogP contribution in [0.3, 0.4) is 0 Å². The van der Waals surface area contributed by atoms with Gasteiger partial charge in [0.25, 0.3) is 5.91 Å². The Morgan fingerprint density at radius 2 is 1.85 bits per heavy atom. The summed E-state index contributed by atoms with van der Waals surface area (Å²) in [5.41, 5.74) is 0.533. The Hall–Kier alpha value is -1.64. The first-order chi connectivity index (χ1) is 12.9. The molecule has 1 aliphatic rings. The van der Waals surface area contributed by atoms with Crippen molar-refractivity contribution in [1.82, 2.24) is 5.06 Å². The summed E-state index contributed by atoms with van der Waals surface area (Å²) >= 11 is 0. The van der Waals surface area contributed by atoms with Crippen LogP contribution in [0, 0.1) is 0 Å². The molecular formula is C17H27N2O7P. The smallest absolute Gasteiger partial charge is 0.350 e. The summed E-state index contributed by atoms with van der Waals surface area (Å²) in [7, 11) is 1.24. The number of nitrogens with zero attached hydrogens (tertiary/aromatic N) is 1. The van der Waals surface area contributed by atoms with Gasteiger partial charge in [-0.2, -0.15) is 5.06 Å². The Bertz CT molecular complexity index is 690. The molecule has 0 bridgehead atoms. The molecule has 1 aliphatic heterocycles. The predicted molar refractivity (Wildman–Crippen MR) is 100 cm³/mol. The molecule has 0 spiro atoms. The van der Waals surface area contributed by atoms with E-state index in [1.165, 1.54) is 19.3 Å². The fourth-order valence-electron chi connectivity index (χ4n) is 2.84. The van der Waals surface area contributed by atoms with Gasteiger partial charge in [-0.15, -0.1) is 0 Å². The Labute approximate surface area is 159 Å². The summed E-state index contributed by atoms with van der Waals surface area (Å²) in [6.45, 7) is 3.96. The second-order valence-electron chi connectivity index (χ2n) is 5.79. The van der Waals surface area contributed by atoms with Gasteiger partial charge in [0.05, 0.1) is 27.4 Å². The number of rotatable bonds is 9. The second kappa shape index (κ2) is 9.52. The summed E-state index contributed by atoms with van der Waals surface area (Å²) in [5.74, 6) is 0.0336. The number of benzene rings is 1. The highest BCUT2D eigenvalue weighted by Gasteiger charge is 2.48. The fourth-order valence-corrected chi connectivity index (χ4v) is 4.88. The first kappa shape index (κ1) is 21.7. The van der Waals surface area contributed by atoms with Crippen LogP contribution in [0.25, 0.3) is 0 Å². The van der Waals surface area contributed by atoms with E-state index in [4.69, 9.17) is 23.4 Å². The Balaban J connectivity index is 2.09. The Morgan fingerprint density at radius 1 is 1.22 bits per heavy atom. The van der Waals surface area contributed by atoms with E-state index < -0.39 is 19.5 Å². The first-order valence-electron chi connectivity index (χ1n) is 8.69. The van der Waals surface area contributed by atoms with Crippen molar-refractivity contribution >= 4 is 19.2 Å². The molecule has 1 aromatic rings. The van der Waals surface area contributed by atoms with Gasteiger partial charge in [-0.25, -0.2) is 0 Å². The number of ether oxygens (including phenoxy) is 2. The number of hydroxylamine groups is 2. The number of anilines is 1. The van der Waals surface area contributed by atoms with E-state index in [-0.39, 0.29) is 25.5 Å². The third kappa shape index (κ3) is 5.00. The van der Waals surface area contributed by atoms with Crippen LogP contribution in [0.2, 0.25) is 0 Å². The van der Waals surface area contributed by atoms with Crippen LogP contribution in [0.15, 0.2) is 18.2 Å². The minimum atomic E-state index is -3.42. The zero-order valence-corrected chi connectivity index (χ0v) is 17.2. The Morgan fingerprint density at radius 3 is 2.41 bits per heavy atom. The lowest BCUT2D eigenvalue weighted by atomic mass is 10.2. The van der Waals surface area contributed by atoms with Crippen LogP contribution in [-0.4, -0.2) is 57.3 Å². The van der Waals surface area contributed by atoms with Crippen LogP contribution in [-0.2, 0) is 23.2 Å². The van der Waals surface area contributed by atoms with E-state index in [9.17, 15) is 9.36 Å². The molecule has 0 unspecified atom stereocenters. The predicted octanol–water partition coefficient (Wildman–Crippen LogP) is 2.87. The van der Waals surface area contributed by atoms with Crippen LogP contribution < -0.4 is 14.8 Å². The average Bonchev–Trinajstić information content (AvgIpc) is 3.04. The molecule has 1 N–H and O–H groups in total. The van der Waals surface area contributed by atoms with E-state index in [0.29, 0.717) is 17.2 Å². The third-order valence-corrected chi connectivity index (χ3v) is 6.57. The summed E-state index contributed by atoms with van der Waals surface area (Å²) in [6.07, 6.45) is -0.630. The fraction of sp³-hybridized carbons (Fsp3) is 0.588. The van der Waals surface area contributed by atoms with Crippen molar-refractivity contribution in [1.29, 1.82) is 0 Å². The summed E-state index contributed by atoms with van der Waals surface area (Å²) in [6, 6.07) is 5.04. The summed E-state index contributed by atoms with van der Waals surface area (Å²) in [5, 5.41) is 4.15. The molecule has 0 radical (unpaired) electrons. The topological polar surface area (TPSA) is 95.6 Å². The van der Waals surface area contributed by atoms with Gasteiger partial charge in [0.2, 0.25) is 0 Å². The van der Waals surface area contributed by atoms with E-state index in [0.717, 1.165) is 0 Å². The number of hydrogen-bond donors (Lipinski definition) is 1. The molecule has 1 amide bonds. The molecule has 2 rings (SSSR count). The van der Waals surface area contributed by atoms with Crippen molar-refractivity contribution < 1.29 is 32.7 Å². The SMILES string of the molecule is CCOP(=O)(OCC)[C@@H]1C[C@@H](C(=O)Nc2ccc(OC)c(OC)c2)ON1C. The molecule has 0 aliphatic carbocycles. The van der Waals surface area contributed by atoms with Crippen molar-refractivity contribution in [3.05, 3.63) is 18.2 Å². The largest absolute Gasteiger partial charge is 0.493 e. The number of nitrogens with one attached hydrogen (secondary N) is 1. The van der Waals surface area contributed by atoms with Crippen molar-refractivity contribution in [2.75, 3.05) is 39.8 Å². The van der Waals surface area contributed by atoms with Gasteiger partial charge >= 0.3 is 7.60 Å². The van der Waals surface area contributed by atoms with Gasteiger partial charge in [0.1, 0.15) is 5.78 Å². The number of methoxy groups -OCH3 is 2. The van der Waals surface area contributed by atoms with Gasteiger partial charge in [-0.1, -0.05) is 0 Å². The quantitative estimate of drug-likeness (QED) is 0.630. The van der Waals surface area contributed by atoms with Gasteiger partial charge in [-0.3, -0.25) is 14.2 Å². The highest BCUT2D eigenvalue weighted by Crippen LogP contribution is 2.57. The average molecular weight is 402 g/mol. The lowest BCUT2D eigenvalue weighted by Gasteiger charge is -2.25. The zero-order valence-electron chi connectivity index (χ0n) is 16.3. The minimum Gasteiger partial charge on any atom is -0.493 e. The second-order valence-corrected chi connectivity index (χ2v) is 7.98. The van der Waals surface area contributed by atoms with Crippen molar-refractivity contribution in [2.45, 2.75) is 32.2 Å². The maximum atomic E-state index is 13.0.